The zero-order valence-electron chi connectivity index (χ0n) is 19.8. The molecule has 1 saturated carbocycles. The monoisotopic (exact) mass is 501 g/mol. The Morgan fingerprint density at radius 3 is 2.65 bits per heavy atom. The molecule has 1 aliphatic carbocycles. The number of thioether (sulfide) groups is 1. The second kappa shape index (κ2) is 9.63. The SMILES string of the molecule is Cc1ccc(F)cc1CSc1nc2cc(S(=O)(=O)N3CCC[C@@H](C)C3)ccc2n1C1CCCC1. The summed E-state index contributed by atoms with van der Waals surface area (Å²) >= 11 is 1.60. The Balaban J connectivity index is 1.50. The molecule has 34 heavy (non-hydrogen) atoms. The molecule has 2 fully saturated rings. The normalized spacial score (nSPS) is 20.4. The number of aryl methyl sites for hydroxylation is 1. The van der Waals surface area contributed by atoms with Crippen LogP contribution in [-0.4, -0.2) is 35.4 Å². The van der Waals surface area contributed by atoms with Crippen LogP contribution in [0.2, 0.25) is 0 Å². The molecule has 2 aromatic carbocycles. The van der Waals surface area contributed by atoms with Gasteiger partial charge in [-0.05, 0) is 80.0 Å². The maximum absolute atomic E-state index is 13.8. The molecule has 1 atom stereocenters. The van der Waals surface area contributed by atoms with Gasteiger partial charge in [-0.15, -0.1) is 0 Å². The summed E-state index contributed by atoms with van der Waals surface area (Å²) in [4.78, 5) is 5.23. The molecule has 5 nitrogen and oxygen atoms in total. The standard InChI is InChI=1S/C26H32FN3O2S2/c1-18-6-5-13-29(16-18)34(31,32)23-11-12-25-24(15-23)28-26(30(25)22-7-3-4-8-22)33-17-20-14-21(27)10-9-19(20)2/h9-12,14-15,18,22H,3-8,13,16-17H2,1-2H3/t18-/m1/s1. The van der Waals surface area contributed by atoms with Crippen molar-refractivity contribution in [3.8, 4) is 0 Å². The van der Waals surface area contributed by atoms with Crippen LogP contribution >= 0.6 is 11.8 Å². The largest absolute Gasteiger partial charge is 0.316 e. The number of rotatable bonds is 6. The molecule has 0 spiro atoms. The predicted molar refractivity (Wildman–Crippen MR) is 135 cm³/mol. The lowest BCUT2D eigenvalue weighted by Crippen LogP contribution is -2.39. The quantitative estimate of drug-likeness (QED) is 0.371. The summed E-state index contributed by atoms with van der Waals surface area (Å²) in [5, 5.41) is 0.881. The third-order valence-corrected chi connectivity index (χ3v) is 10.1. The van der Waals surface area contributed by atoms with Gasteiger partial charge >= 0.3 is 0 Å². The number of benzene rings is 2. The maximum atomic E-state index is 13.8. The lowest BCUT2D eigenvalue weighted by molar-refractivity contribution is 0.281. The molecular formula is C26H32FN3O2S2. The van der Waals surface area contributed by atoms with Crippen molar-refractivity contribution >= 4 is 32.8 Å². The number of nitrogens with zero attached hydrogens (tertiary/aromatic N) is 3. The maximum Gasteiger partial charge on any atom is 0.243 e. The Labute approximate surface area is 205 Å². The Bertz CT molecular complexity index is 1300. The highest BCUT2D eigenvalue weighted by atomic mass is 32.2. The first kappa shape index (κ1) is 23.8. The van der Waals surface area contributed by atoms with Gasteiger partial charge in [-0.2, -0.15) is 4.31 Å². The lowest BCUT2D eigenvalue weighted by atomic mass is 10.0. The van der Waals surface area contributed by atoms with Crippen LogP contribution in [0.5, 0.6) is 0 Å². The highest BCUT2D eigenvalue weighted by Crippen LogP contribution is 2.38. The van der Waals surface area contributed by atoms with E-state index in [0.29, 0.717) is 35.7 Å². The number of piperidine rings is 1. The predicted octanol–water partition coefficient (Wildman–Crippen LogP) is 6.31. The molecule has 0 unspecified atom stereocenters. The number of hydrogen-bond donors (Lipinski definition) is 0. The van der Waals surface area contributed by atoms with Crippen molar-refractivity contribution in [2.45, 2.75) is 74.2 Å². The Morgan fingerprint density at radius 2 is 1.88 bits per heavy atom. The molecule has 1 saturated heterocycles. The zero-order valence-corrected chi connectivity index (χ0v) is 21.5. The minimum Gasteiger partial charge on any atom is -0.316 e. The van der Waals surface area contributed by atoms with Crippen molar-refractivity contribution in [1.29, 1.82) is 0 Å². The van der Waals surface area contributed by atoms with E-state index in [1.54, 1.807) is 34.3 Å². The van der Waals surface area contributed by atoms with Gasteiger partial charge in [0.05, 0.1) is 15.9 Å². The van der Waals surface area contributed by atoms with E-state index in [1.165, 1.54) is 18.9 Å². The molecule has 0 radical (unpaired) electrons. The first-order chi connectivity index (χ1) is 16.3. The number of hydrogen-bond acceptors (Lipinski definition) is 4. The van der Waals surface area contributed by atoms with Crippen LogP contribution < -0.4 is 0 Å². The van der Waals surface area contributed by atoms with E-state index in [9.17, 15) is 12.8 Å². The van der Waals surface area contributed by atoms with E-state index in [4.69, 9.17) is 4.98 Å². The molecule has 2 aliphatic rings. The second-order valence-corrected chi connectivity index (χ2v) is 12.7. The van der Waals surface area contributed by atoms with Crippen LogP contribution in [-0.2, 0) is 15.8 Å². The van der Waals surface area contributed by atoms with E-state index in [2.05, 4.69) is 11.5 Å². The van der Waals surface area contributed by atoms with Crippen LogP contribution in [0.25, 0.3) is 11.0 Å². The molecule has 8 heteroatoms. The number of fused-ring (bicyclic) bond motifs is 1. The summed E-state index contributed by atoms with van der Waals surface area (Å²) in [5.41, 5.74) is 3.71. The van der Waals surface area contributed by atoms with Crippen molar-refractivity contribution in [3.63, 3.8) is 0 Å². The number of sulfonamides is 1. The summed E-state index contributed by atoms with van der Waals surface area (Å²) < 4.78 is 44.4. The summed E-state index contributed by atoms with van der Waals surface area (Å²) in [5.74, 6) is 0.770. The van der Waals surface area contributed by atoms with Gasteiger partial charge in [-0.25, -0.2) is 17.8 Å². The molecule has 0 amide bonds. The molecule has 2 heterocycles. The smallest absolute Gasteiger partial charge is 0.243 e. The summed E-state index contributed by atoms with van der Waals surface area (Å²) in [7, 11) is -3.54. The van der Waals surface area contributed by atoms with Crippen molar-refractivity contribution in [2.24, 2.45) is 5.92 Å². The molecule has 0 N–H and O–H groups in total. The van der Waals surface area contributed by atoms with Gasteiger partial charge in [-0.3, -0.25) is 0 Å². The van der Waals surface area contributed by atoms with E-state index < -0.39 is 10.0 Å². The summed E-state index contributed by atoms with van der Waals surface area (Å²) in [6.07, 6.45) is 6.56. The molecule has 0 bridgehead atoms. The van der Waals surface area contributed by atoms with Crippen molar-refractivity contribution < 1.29 is 12.8 Å². The van der Waals surface area contributed by atoms with E-state index in [1.807, 2.05) is 19.1 Å². The lowest BCUT2D eigenvalue weighted by Gasteiger charge is -2.30. The fourth-order valence-corrected chi connectivity index (χ4v) is 8.05. The zero-order chi connectivity index (χ0) is 23.9. The number of aromatic nitrogens is 2. The third-order valence-electron chi connectivity index (χ3n) is 7.24. The third kappa shape index (κ3) is 4.64. The van der Waals surface area contributed by atoms with Crippen LogP contribution in [0.3, 0.4) is 0 Å². The number of imidazole rings is 1. The van der Waals surface area contributed by atoms with Crippen molar-refractivity contribution in [3.05, 3.63) is 53.3 Å². The molecule has 1 aliphatic heterocycles. The van der Waals surface area contributed by atoms with Crippen LogP contribution in [0.15, 0.2) is 46.5 Å². The van der Waals surface area contributed by atoms with Gasteiger partial charge in [0.25, 0.3) is 0 Å². The number of halogens is 1. The minimum absolute atomic E-state index is 0.229. The molecule has 3 aromatic rings. The Hall–Kier alpha value is -1.90. The highest BCUT2D eigenvalue weighted by molar-refractivity contribution is 7.98. The van der Waals surface area contributed by atoms with Crippen LogP contribution in [0.1, 0.15) is 62.6 Å². The molecule has 1 aromatic heterocycles. The van der Waals surface area contributed by atoms with Crippen LogP contribution in [0, 0.1) is 18.7 Å². The van der Waals surface area contributed by atoms with Crippen molar-refractivity contribution in [1.82, 2.24) is 13.9 Å². The van der Waals surface area contributed by atoms with Gasteiger partial charge in [0.2, 0.25) is 10.0 Å². The topological polar surface area (TPSA) is 55.2 Å². The highest BCUT2D eigenvalue weighted by Gasteiger charge is 2.30. The van der Waals surface area contributed by atoms with Gasteiger partial charge in [0.15, 0.2) is 5.16 Å². The minimum atomic E-state index is -3.54. The summed E-state index contributed by atoms with van der Waals surface area (Å²) in [6.45, 7) is 5.26. The Morgan fingerprint density at radius 1 is 1.09 bits per heavy atom. The average Bonchev–Trinajstić information content (AvgIpc) is 3.46. The molecule has 5 rings (SSSR count). The van der Waals surface area contributed by atoms with Crippen molar-refractivity contribution in [2.75, 3.05) is 13.1 Å². The van der Waals surface area contributed by atoms with Gasteiger partial charge in [0.1, 0.15) is 5.82 Å². The van der Waals surface area contributed by atoms with Crippen LogP contribution in [0.4, 0.5) is 4.39 Å². The molecule has 182 valence electrons. The second-order valence-electron chi connectivity index (χ2n) is 9.82. The van der Waals surface area contributed by atoms with Gasteiger partial charge in [-0.1, -0.05) is 37.6 Å². The van der Waals surface area contributed by atoms with E-state index in [0.717, 1.165) is 53.0 Å². The fraction of sp³-hybridized carbons (Fsp3) is 0.500. The Kier molecular flexibility index (Phi) is 6.75. The fourth-order valence-electron chi connectivity index (χ4n) is 5.29. The summed E-state index contributed by atoms with van der Waals surface area (Å²) in [6, 6.07) is 10.7. The van der Waals surface area contributed by atoms with E-state index >= 15 is 0 Å². The average molecular weight is 502 g/mol. The molecular weight excluding hydrogens is 469 g/mol. The van der Waals surface area contributed by atoms with Gasteiger partial charge < -0.3 is 4.57 Å². The van der Waals surface area contributed by atoms with Gasteiger partial charge in [0, 0.05) is 24.9 Å². The van der Waals surface area contributed by atoms with E-state index in [-0.39, 0.29) is 5.82 Å². The first-order valence-corrected chi connectivity index (χ1v) is 14.7. The first-order valence-electron chi connectivity index (χ1n) is 12.2.